The molecule has 0 unspecified atom stereocenters. The number of hydrogen-bond acceptors (Lipinski definition) is 1. The number of nitrogens with zero attached hydrogens (tertiary/aromatic N) is 1. The third kappa shape index (κ3) is 2.78. The summed E-state index contributed by atoms with van der Waals surface area (Å²) in [6.07, 6.45) is 5.93. The molecule has 0 aliphatic heterocycles. The molecular weight excluding hydrogens is 182 g/mol. The highest BCUT2D eigenvalue weighted by Gasteiger charge is 1.89. The van der Waals surface area contributed by atoms with Crippen molar-refractivity contribution in [2.45, 2.75) is 6.92 Å². The smallest absolute Gasteiger partial charge is 0.0632 e. The van der Waals surface area contributed by atoms with Gasteiger partial charge in [-0.1, -0.05) is 36.4 Å². The van der Waals surface area contributed by atoms with Crippen molar-refractivity contribution >= 4 is 12.2 Å². The van der Waals surface area contributed by atoms with Crippen LogP contribution in [0.25, 0.3) is 12.2 Å². The van der Waals surface area contributed by atoms with E-state index in [4.69, 9.17) is 0 Å². The lowest BCUT2D eigenvalue weighted by atomic mass is 10.2. The summed E-state index contributed by atoms with van der Waals surface area (Å²) in [5, 5.41) is 0. The van der Waals surface area contributed by atoms with Gasteiger partial charge in [-0.25, -0.2) is 0 Å². The van der Waals surface area contributed by atoms with Gasteiger partial charge in [0.2, 0.25) is 0 Å². The summed E-state index contributed by atoms with van der Waals surface area (Å²) in [7, 11) is 0. The van der Waals surface area contributed by atoms with Crippen LogP contribution < -0.4 is 0 Å². The van der Waals surface area contributed by atoms with Gasteiger partial charge in [-0.05, 0) is 36.3 Å². The van der Waals surface area contributed by atoms with E-state index < -0.39 is 0 Å². The van der Waals surface area contributed by atoms with Crippen molar-refractivity contribution < 1.29 is 0 Å². The molecule has 74 valence electrons. The number of pyridine rings is 1. The zero-order valence-electron chi connectivity index (χ0n) is 8.72. The van der Waals surface area contributed by atoms with Gasteiger partial charge in [0.15, 0.2) is 0 Å². The second-order valence-electron chi connectivity index (χ2n) is 3.50. The highest BCUT2D eigenvalue weighted by atomic mass is 14.6. The van der Waals surface area contributed by atoms with Gasteiger partial charge in [-0.15, -0.1) is 0 Å². The molecule has 15 heavy (non-hydrogen) atoms. The normalized spacial score (nSPS) is 10.7. The van der Waals surface area contributed by atoms with E-state index in [0.29, 0.717) is 0 Å². The van der Waals surface area contributed by atoms with Crippen molar-refractivity contribution in [3.8, 4) is 0 Å². The van der Waals surface area contributed by atoms with Crippen molar-refractivity contribution in [2.24, 2.45) is 0 Å². The Morgan fingerprint density at radius 2 is 1.80 bits per heavy atom. The van der Waals surface area contributed by atoms with Gasteiger partial charge in [0, 0.05) is 6.20 Å². The summed E-state index contributed by atoms with van der Waals surface area (Å²) >= 11 is 0. The maximum Gasteiger partial charge on any atom is 0.0632 e. The van der Waals surface area contributed by atoms with Crippen LogP contribution >= 0.6 is 0 Å². The van der Waals surface area contributed by atoms with Crippen LogP contribution in [0.5, 0.6) is 0 Å². The minimum Gasteiger partial charge on any atom is -0.257 e. The van der Waals surface area contributed by atoms with Gasteiger partial charge in [0.1, 0.15) is 0 Å². The molecule has 0 saturated heterocycles. The molecule has 0 N–H and O–H groups in total. The third-order valence-electron chi connectivity index (χ3n) is 2.18. The van der Waals surface area contributed by atoms with Crippen molar-refractivity contribution in [1.29, 1.82) is 0 Å². The SMILES string of the molecule is Cc1ccnc(/C=C/c2ccccc2)c1. The van der Waals surface area contributed by atoms with Crippen molar-refractivity contribution in [1.82, 2.24) is 4.98 Å². The Balaban J connectivity index is 2.19. The number of hydrogen-bond donors (Lipinski definition) is 0. The van der Waals surface area contributed by atoms with Gasteiger partial charge in [0.05, 0.1) is 5.69 Å². The summed E-state index contributed by atoms with van der Waals surface area (Å²) in [6, 6.07) is 14.3. The molecule has 2 rings (SSSR count). The van der Waals surface area contributed by atoms with E-state index >= 15 is 0 Å². The largest absolute Gasteiger partial charge is 0.257 e. The van der Waals surface area contributed by atoms with Crippen LogP contribution in [0.1, 0.15) is 16.8 Å². The molecular formula is C14H13N. The fourth-order valence-corrected chi connectivity index (χ4v) is 1.40. The molecule has 2 aromatic rings. The second-order valence-corrected chi connectivity index (χ2v) is 3.50. The quantitative estimate of drug-likeness (QED) is 0.714. The first-order valence-corrected chi connectivity index (χ1v) is 5.00. The zero-order valence-corrected chi connectivity index (χ0v) is 8.72. The summed E-state index contributed by atoms with van der Waals surface area (Å²) in [6.45, 7) is 2.07. The minimum absolute atomic E-state index is 0.999. The molecule has 0 aliphatic rings. The van der Waals surface area contributed by atoms with E-state index in [1.165, 1.54) is 11.1 Å². The van der Waals surface area contributed by atoms with Crippen LogP contribution in [0.3, 0.4) is 0 Å². The van der Waals surface area contributed by atoms with E-state index in [-0.39, 0.29) is 0 Å². The average molecular weight is 195 g/mol. The lowest BCUT2D eigenvalue weighted by Gasteiger charge is -1.95. The second kappa shape index (κ2) is 4.56. The summed E-state index contributed by atoms with van der Waals surface area (Å²) < 4.78 is 0. The van der Waals surface area contributed by atoms with E-state index in [1.807, 2.05) is 36.5 Å². The Bertz CT molecular complexity index is 458. The summed E-state index contributed by atoms with van der Waals surface area (Å²) in [5.74, 6) is 0. The number of benzene rings is 1. The van der Waals surface area contributed by atoms with E-state index in [2.05, 4.69) is 36.2 Å². The molecule has 0 amide bonds. The fraction of sp³-hybridized carbons (Fsp3) is 0.0714. The van der Waals surface area contributed by atoms with Gasteiger partial charge in [-0.3, -0.25) is 4.98 Å². The zero-order chi connectivity index (χ0) is 10.5. The average Bonchev–Trinajstić information content (AvgIpc) is 2.28. The Morgan fingerprint density at radius 1 is 1.00 bits per heavy atom. The number of rotatable bonds is 2. The molecule has 1 heteroatoms. The highest BCUT2D eigenvalue weighted by molar-refractivity contribution is 5.67. The fourth-order valence-electron chi connectivity index (χ4n) is 1.40. The Labute approximate surface area is 90.1 Å². The number of aromatic nitrogens is 1. The number of aryl methyl sites for hydroxylation is 1. The van der Waals surface area contributed by atoms with Crippen molar-refractivity contribution in [3.63, 3.8) is 0 Å². The third-order valence-corrected chi connectivity index (χ3v) is 2.18. The molecule has 1 nitrogen and oxygen atoms in total. The molecule has 0 fully saturated rings. The van der Waals surface area contributed by atoms with Gasteiger partial charge in [0.25, 0.3) is 0 Å². The molecule has 0 radical (unpaired) electrons. The van der Waals surface area contributed by atoms with Crippen LogP contribution in [0.15, 0.2) is 48.7 Å². The maximum absolute atomic E-state index is 4.27. The monoisotopic (exact) mass is 195 g/mol. The molecule has 1 heterocycles. The van der Waals surface area contributed by atoms with Gasteiger partial charge < -0.3 is 0 Å². The molecule has 0 saturated carbocycles. The van der Waals surface area contributed by atoms with E-state index in [1.54, 1.807) is 0 Å². The Kier molecular flexibility index (Phi) is 2.93. The molecule has 0 atom stereocenters. The molecule has 0 bridgehead atoms. The van der Waals surface area contributed by atoms with Crippen molar-refractivity contribution in [3.05, 3.63) is 65.5 Å². The predicted molar refractivity (Wildman–Crippen MR) is 64.3 cm³/mol. The standard InChI is InChI=1S/C14H13N/c1-12-9-10-15-14(11-12)8-7-13-5-3-2-4-6-13/h2-11H,1H3/b8-7+. The Hall–Kier alpha value is -1.89. The topological polar surface area (TPSA) is 12.9 Å². The van der Waals surface area contributed by atoms with Gasteiger partial charge >= 0.3 is 0 Å². The lowest BCUT2D eigenvalue weighted by Crippen LogP contribution is -1.80. The first-order chi connectivity index (χ1) is 7.34. The van der Waals surface area contributed by atoms with Crippen LogP contribution in [-0.4, -0.2) is 4.98 Å². The van der Waals surface area contributed by atoms with Crippen LogP contribution in [-0.2, 0) is 0 Å². The van der Waals surface area contributed by atoms with Crippen molar-refractivity contribution in [2.75, 3.05) is 0 Å². The van der Waals surface area contributed by atoms with Crippen LogP contribution in [0, 0.1) is 6.92 Å². The van der Waals surface area contributed by atoms with Crippen LogP contribution in [0.4, 0.5) is 0 Å². The molecule has 0 spiro atoms. The van der Waals surface area contributed by atoms with E-state index in [0.717, 1.165) is 5.69 Å². The first kappa shape index (κ1) is 9.66. The van der Waals surface area contributed by atoms with Crippen LogP contribution in [0.2, 0.25) is 0 Å². The van der Waals surface area contributed by atoms with E-state index in [9.17, 15) is 0 Å². The minimum atomic E-state index is 0.999. The molecule has 1 aromatic carbocycles. The summed E-state index contributed by atoms with van der Waals surface area (Å²) in [5.41, 5.74) is 3.43. The highest BCUT2D eigenvalue weighted by Crippen LogP contribution is 2.06. The summed E-state index contributed by atoms with van der Waals surface area (Å²) in [4.78, 5) is 4.27. The van der Waals surface area contributed by atoms with Gasteiger partial charge in [-0.2, -0.15) is 0 Å². The predicted octanol–water partition coefficient (Wildman–Crippen LogP) is 3.56. The first-order valence-electron chi connectivity index (χ1n) is 5.00. The maximum atomic E-state index is 4.27. The molecule has 1 aromatic heterocycles. The lowest BCUT2D eigenvalue weighted by molar-refractivity contribution is 1.26. The molecule has 0 aliphatic carbocycles. The Morgan fingerprint density at radius 3 is 2.53 bits per heavy atom.